The Hall–Kier alpha value is -2.42. The van der Waals surface area contributed by atoms with Crippen molar-refractivity contribution in [1.82, 2.24) is 15.2 Å². The molecule has 1 amide bonds. The van der Waals surface area contributed by atoms with Gasteiger partial charge in [-0.2, -0.15) is 0 Å². The van der Waals surface area contributed by atoms with Crippen LogP contribution in [0.25, 0.3) is 10.9 Å². The molecule has 8 heteroatoms. The number of aromatic nitrogens is 1. The smallest absolute Gasteiger partial charge is 0.273 e. The van der Waals surface area contributed by atoms with E-state index in [9.17, 15) is 4.79 Å². The van der Waals surface area contributed by atoms with Crippen molar-refractivity contribution < 1.29 is 23.7 Å². The monoisotopic (exact) mass is 473 g/mol. The summed E-state index contributed by atoms with van der Waals surface area (Å²) in [7, 11) is 1.58. The van der Waals surface area contributed by atoms with E-state index in [0.717, 1.165) is 31.3 Å². The number of hydrogen-bond acceptors (Lipinski definition) is 7. The van der Waals surface area contributed by atoms with Gasteiger partial charge in [0.2, 0.25) is 0 Å². The number of amides is 1. The maximum atomic E-state index is 13.8. The predicted octanol–water partition coefficient (Wildman–Crippen LogP) is 3.87. The van der Waals surface area contributed by atoms with Gasteiger partial charge in [0.05, 0.1) is 13.2 Å². The van der Waals surface area contributed by atoms with Crippen LogP contribution in [0.3, 0.4) is 0 Å². The maximum absolute atomic E-state index is 13.8. The molecule has 3 rings (SSSR count). The largest absolute Gasteiger partial charge is 0.491 e. The van der Waals surface area contributed by atoms with Crippen molar-refractivity contribution in [1.29, 1.82) is 0 Å². The molecule has 2 aromatic rings. The van der Waals surface area contributed by atoms with Gasteiger partial charge in [-0.3, -0.25) is 4.79 Å². The summed E-state index contributed by atoms with van der Waals surface area (Å²) in [5.41, 5.74) is 0.993. The molecule has 1 aliphatic heterocycles. The number of methoxy groups -OCH3 is 1. The number of piperidine rings is 1. The number of nitrogens with zero attached hydrogens (tertiary/aromatic N) is 2. The molecule has 1 fully saturated rings. The Morgan fingerprint density at radius 1 is 1.18 bits per heavy atom. The van der Waals surface area contributed by atoms with Crippen molar-refractivity contribution in [3.05, 3.63) is 30.0 Å². The summed E-state index contributed by atoms with van der Waals surface area (Å²) in [6, 6.07) is 7.69. The van der Waals surface area contributed by atoms with Crippen LogP contribution < -0.4 is 14.8 Å². The molecule has 188 valence electrons. The molecule has 0 radical (unpaired) electrons. The third kappa shape index (κ3) is 6.81. The summed E-state index contributed by atoms with van der Waals surface area (Å²) in [5.74, 6) is 1.51. The molecule has 0 spiro atoms. The van der Waals surface area contributed by atoms with E-state index in [-0.39, 0.29) is 24.8 Å². The van der Waals surface area contributed by atoms with Crippen molar-refractivity contribution in [3.63, 3.8) is 0 Å². The fourth-order valence-corrected chi connectivity index (χ4v) is 4.17. The van der Waals surface area contributed by atoms with Gasteiger partial charge in [-0.25, -0.2) is 4.98 Å². The highest BCUT2D eigenvalue weighted by molar-refractivity contribution is 5.98. The van der Waals surface area contributed by atoms with E-state index in [2.05, 4.69) is 33.0 Å². The molecular formula is C26H39N3O5. The molecule has 0 aliphatic carbocycles. The Bertz CT molecular complexity index is 928. The lowest BCUT2D eigenvalue weighted by Crippen LogP contribution is -2.51. The third-order valence-electron chi connectivity index (χ3n) is 5.70. The maximum Gasteiger partial charge on any atom is 0.273 e. The zero-order valence-corrected chi connectivity index (χ0v) is 21.1. The van der Waals surface area contributed by atoms with Gasteiger partial charge in [0.25, 0.3) is 5.91 Å². The third-order valence-corrected chi connectivity index (χ3v) is 5.70. The number of pyridine rings is 1. The van der Waals surface area contributed by atoms with Crippen molar-refractivity contribution in [3.8, 4) is 11.5 Å². The van der Waals surface area contributed by atoms with Crippen LogP contribution in [0.5, 0.6) is 11.5 Å². The molecule has 0 saturated carbocycles. The summed E-state index contributed by atoms with van der Waals surface area (Å²) in [5, 5.41) is 4.22. The first-order chi connectivity index (χ1) is 16.4. The molecule has 0 unspecified atom stereocenters. The van der Waals surface area contributed by atoms with E-state index in [0.29, 0.717) is 48.4 Å². The standard InChI is InChI=1S/C26H39N3O5/c1-18(2)16-34-23-10-6-9-21-24(33-13-12-32-17-31-5)14-22(28-25(21)23)26(30)29(19(3)4)20-8-7-11-27-15-20/h6,9-10,14,18-20,27H,7-8,11-13,15-17H2,1-5H3/t20-/m1/s1. The number of carbonyl (C=O) groups excluding carboxylic acids is 1. The Morgan fingerprint density at radius 2 is 2.00 bits per heavy atom. The highest BCUT2D eigenvalue weighted by atomic mass is 16.7. The molecule has 8 nitrogen and oxygen atoms in total. The molecule has 1 N–H and O–H groups in total. The SMILES string of the molecule is COCOCCOc1cc(C(=O)N(C(C)C)[C@@H]2CCCNC2)nc2c(OCC(C)C)cccc12. The average molecular weight is 474 g/mol. The summed E-state index contributed by atoms with van der Waals surface area (Å²) >= 11 is 0. The van der Waals surface area contributed by atoms with Gasteiger partial charge < -0.3 is 29.2 Å². The fourth-order valence-electron chi connectivity index (χ4n) is 4.17. The Labute approximate surface area is 202 Å². The number of rotatable bonds is 12. The van der Waals surface area contributed by atoms with Crippen LogP contribution in [0.15, 0.2) is 24.3 Å². The summed E-state index contributed by atoms with van der Waals surface area (Å²) < 4.78 is 22.4. The van der Waals surface area contributed by atoms with Gasteiger partial charge in [0.1, 0.15) is 36.1 Å². The zero-order chi connectivity index (χ0) is 24.5. The molecule has 1 atom stereocenters. The van der Waals surface area contributed by atoms with Crippen molar-refractivity contribution >= 4 is 16.8 Å². The second-order valence-corrected chi connectivity index (χ2v) is 9.33. The van der Waals surface area contributed by atoms with Crippen LogP contribution >= 0.6 is 0 Å². The first kappa shape index (κ1) is 26.2. The van der Waals surface area contributed by atoms with E-state index in [1.54, 1.807) is 13.2 Å². The van der Waals surface area contributed by atoms with Gasteiger partial charge in [0.15, 0.2) is 0 Å². The summed E-state index contributed by atoms with van der Waals surface area (Å²) in [4.78, 5) is 20.5. The fraction of sp³-hybridized carbons (Fsp3) is 0.615. The Balaban J connectivity index is 1.98. The molecule has 0 bridgehead atoms. The van der Waals surface area contributed by atoms with Gasteiger partial charge >= 0.3 is 0 Å². The molecule has 1 aliphatic rings. The summed E-state index contributed by atoms with van der Waals surface area (Å²) in [6.07, 6.45) is 2.03. The zero-order valence-electron chi connectivity index (χ0n) is 21.1. The normalized spacial score (nSPS) is 16.3. The molecule has 1 aromatic carbocycles. The van der Waals surface area contributed by atoms with Crippen LogP contribution in [0.1, 0.15) is 51.0 Å². The molecule has 1 saturated heterocycles. The second kappa shape index (κ2) is 12.9. The van der Waals surface area contributed by atoms with Crippen LogP contribution in [0.2, 0.25) is 0 Å². The van der Waals surface area contributed by atoms with E-state index in [4.69, 9.17) is 23.9 Å². The van der Waals surface area contributed by atoms with Crippen molar-refractivity contribution in [2.24, 2.45) is 5.92 Å². The van der Waals surface area contributed by atoms with Crippen LogP contribution in [0.4, 0.5) is 0 Å². The first-order valence-corrected chi connectivity index (χ1v) is 12.2. The predicted molar refractivity (Wildman–Crippen MR) is 133 cm³/mol. The van der Waals surface area contributed by atoms with Gasteiger partial charge in [-0.1, -0.05) is 19.9 Å². The topological polar surface area (TPSA) is 82.2 Å². The van der Waals surface area contributed by atoms with Crippen molar-refractivity contribution in [2.75, 3.05) is 46.8 Å². The number of ether oxygens (including phenoxy) is 4. The minimum Gasteiger partial charge on any atom is -0.491 e. The number of fused-ring (bicyclic) bond motifs is 1. The number of hydrogen-bond donors (Lipinski definition) is 1. The number of nitrogens with one attached hydrogen (secondary N) is 1. The number of para-hydroxylation sites is 1. The quantitative estimate of drug-likeness (QED) is 0.370. The van der Waals surface area contributed by atoms with Gasteiger partial charge in [-0.05, 0) is 51.3 Å². The first-order valence-electron chi connectivity index (χ1n) is 12.2. The van der Waals surface area contributed by atoms with Gasteiger partial charge in [-0.15, -0.1) is 0 Å². The molecule has 1 aromatic heterocycles. The van der Waals surface area contributed by atoms with Crippen molar-refractivity contribution in [2.45, 2.75) is 52.6 Å². The van der Waals surface area contributed by atoms with E-state index >= 15 is 0 Å². The lowest BCUT2D eigenvalue weighted by molar-refractivity contribution is -0.0386. The van der Waals surface area contributed by atoms with E-state index in [1.807, 2.05) is 23.1 Å². The number of benzene rings is 1. The minimum atomic E-state index is -0.0928. The lowest BCUT2D eigenvalue weighted by Gasteiger charge is -2.37. The number of carbonyl (C=O) groups is 1. The minimum absolute atomic E-state index is 0.0501. The van der Waals surface area contributed by atoms with Crippen LogP contribution in [-0.4, -0.2) is 74.7 Å². The highest BCUT2D eigenvalue weighted by Gasteiger charge is 2.30. The van der Waals surface area contributed by atoms with E-state index < -0.39 is 0 Å². The molecular weight excluding hydrogens is 434 g/mol. The van der Waals surface area contributed by atoms with Crippen LogP contribution in [0, 0.1) is 5.92 Å². The molecule has 34 heavy (non-hydrogen) atoms. The summed E-state index contributed by atoms with van der Waals surface area (Å²) in [6.45, 7) is 11.5. The Kier molecular flexibility index (Phi) is 9.92. The molecule has 2 heterocycles. The second-order valence-electron chi connectivity index (χ2n) is 9.33. The van der Waals surface area contributed by atoms with Gasteiger partial charge in [0, 0.05) is 37.2 Å². The average Bonchev–Trinajstić information content (AvgIpc) is 2.82. The lowest BCUT2D eigenvalue weighted by atomic mass is 10.0. The van der Waals surface area contributed by atoms with E-state index in [1.165, 1.54) is 0 Å². The van der Waals surface area contributed by atoms with Crippen LogP contribution in [-0.2, 0) is 9.47 Å². The Morgan fingerprint density at radius 3 is 2.68 bits per heavy atom. The highest BCUT2D eigenvalue weighted by Crippen LogP contribution is 2.33.